The molecule has 11 nitrogen and oxygen atoms in total. The molecule has 2 atom stereocenters. The molecule has 1 aromatic carbocycles. The van der Waals surface area contributed by atoms with Crippen LogP contribution in [0.3, 0.4) is 0 Å². The maximum atomic E-state index is 13.3. The van der Waals surface area contributed by atoms with E-state index < -0.39 is 34.6 Å². The molecule has 2 N–H and O–H groups in total. The van der Waals surface area contributed by atoms with Gasteiger partial charge in [0.25, 0.3) is 11.6 Å². The number of nitro groups is 1. The molecule has 36 heavy (non-hydrogen) atoms. The van der Waals surface area contributed by atoms with Crippen molar-refractivity contribution in [2.75, 3.05) is 13.2 Å². The van der Waals surface area contributed by atoms with Gasteiger partial charge in [-0.15, -0.1) is 0 Å². The number of nitrogens with zero attached hydrogens (tertiary/aromatic N) is 3. The van der Waals surface area contributed by atoms with E-state index in [0.29, 0.717) is 11.3 Å². The summed E-state index contributed by atoms with van der Waals surface area (Å²) in [7, 11) is 0. The highest BCUT2D eigenvalue weighted by molar-refractivity contribution is 6.07. The highest BCUT2D eigenvalue weighted by Crippen LogP contribution is 2.41. The molecule has 2 unspecified atom stereocenters. The molecule has 1 amide bonds. The average molecular weight is 496 g/mol. The number of aliphatic imine (C=N–C) groups is 1. The average Bonchev–Trinajstić information content (AvgIpc) is 2.84. The van der Waals surface area contributed by atoms with Crippen LogP contribution >= 0.6 is 0 Å². The molecular formula is C25H27N4O7+. The molecule has 1 aliphatic heterocycles. The molecule has 11 heteroatoms. The minimum Gasteiger partial charge on any atom is -0.465 e. The number of nitro benzene ring substituents is 1. The van der Waals surface area contributed by atoms with Gasteiger partial charge in [-0.3, -0.25) is 24.7 Å². The summed E-state index contributed by atoms with van der Waals surface area (Å²) in [6, 6.07) is 8.94. The number of nitrogens with two attached hydrogens (primary N) is 1. The lowest BCUT2D eigenvalue weighted by molar-refractivity contribution is -0.689. The summed E-state index contributed by atoms with van der Waals surface area (Å²) in [5.74, 6) is -3.89. The molecule has 1 aliphatic rings. The van der Waals surface area contributed by atoms with Crippen LogP contribution < -0.4 is 10.3 Å². The van der Waals surface area contributed by atoms with Crippen LogP contribution in [0.1, 0.15) is 42.6 Å². The number of esters is 2. The Morgan fingerprint density at radius 3 is 2.50 bits per heavy atom. The number of carbonyl (C=O) groups excluding carboxylic acids is 3. The molecule has 0 aliphatic carbocycles. The molecule has 1 aromatic heterocycles. The minimum absolute atomic E-state index is 0.0492. The van der Waals surface area contributed by atoms with Crippen molar-refractivity contribution in [3.63, 3.8) is 0 Å². The summed E-state index contributed by atoms with van der Waals surface area (Å²) in [4.78, 5) is 53.5. The summed E-state index contributed by atoms with van der Waals surface area (Å²) in [5, 5.41) is 11.5. The molecular weight excluding hydrogens is 468 g/mol. The zero-order valence-corrected chi connectivity index (χ0v) is 20.2. The van der Waals surface area contributed by atoms with E-state index in [1.807, 2.05) is 0 Å². The van der Waals surface area contributed by atoms with Crippen LogP contribution in [0.25, 0.3) is 0 Å². The number of allylic oxidation sites excluding steroid dienone is 1. The van der Waals surface area contributed by atoms with E-state index in [-0.39, 0.29) is 42.3 Å². The Labute approximate surface area is 207 Å². The third-order valence-electron chi connectivity index (χ3n) is 5.67. The van der Waals surface area contributed by atoms with Gasteiger partial charge < -0.3 is 15.2 Å². The van der Waals surface area contributed by atoms with Crippen LogP contribution in [0, 0.1) is 16.0 Å². The first-order valence-corrected chi connectivity index (χ1v) is 11.3. The van der Waals surface area contributed by atoms with E-state index in [9.17, 15) is 24.5 Å². The molecule has 0 radical (unpaired) electrons. The molecule has 2 aromatic rings. The summed E-state index contributed by atoms with van der Waals surface area (Å²) >= 11 is 0. The summed E-state index contributed by atoms with van der Waals surface area (Å²) in [6.45, 7) is 5.16. The third kappa shape index (κ3) is 5.62. The first-order valence-electron chi connectivity index (χ1n) is 11.3. The van der Waals surface area contributed by atoms with Gasteiger partial charge in [0, 0.05) is 29.8 Å². The zero-order valence-electron chi connectivity index (χ0n) is 20.2. The minimum atomic E-state index is -1.00. The van der Waals surface area contributed by atoms with E-state index in [2.05, 4.69) is 4.99 Å². The van der Waals surface area contributed by atoms with Crippen molar-refractivity contribution in [2.24, 2.45) is 16.6 Å². The summed E-state index contributed by atoms with van der Waals surface area (Å²) < 4.78 is 12.2. The molecule has 0 saturated heterocycles. The van der Waals surface area contributed by atoms with Crippen molar-refractivity contribution in [2.45, 2.75) is 33.2 Å². The van der Waals surface area contributed by atoms with E-state index >= 15 is 0 Å². The quantitative estimate of drug-likeness (QED) is 0.242. The van der Waals surface area contributed by atoms with Crippen LogP contribution in [0.5, 0.6) is 0 Å². The van der Waals surface area contributed by atoms with Crippen molar-refractivity contribution in [3.05, 3.63) is 81.3 Å². The Morgan fingerprint density at radius 2 is 1.86 bits per heavy atom. The van der Waals surface area contributed by atoms with Gasteiger partial charge in [-0.25, -0.2) is 4.79 Å². The van der Waals surface area contributed by atoms with E-state index in [1.165, 1.54) is 24.4 Å². The second-order valence-corrected chi connectivity index (χ2v) is 8.02. The third-order valence-corrected chi connectivity index (χ3v) is 5.67. The Balaban J connectivity index is 2.25. The van der Waals surface area contributed by atoms with E-state index in [1.54, 1.807) is 49.7 Å². The number of primary amides is 1. The lowest BCUT2D eigenvalue weighted by Gasteiger charge is -2.31. The normalized spacial score (nSPS) is 17.2. The van der Waals surface area contributed by atoms with Gasteiger partial charge in [0.05, 0.1) is 23.7 Å². The van der Waals surface area contributed by atoms with Gasteiger partial charge in [0.1, 0.15) is 17.2 Å². The van der Waals surface area contributed by atoms with Gasteiger partial charge in [-0.2, -0.15) is 4.57 Å². The summed E-state index contributed by atoms with van der Waals surface area (Å²) in [5.41, 5.74) is 6.57. The van der Waals surface area contributed by atoms with Crippen LogP contribution in [0.4, 0.5) is 5.69 Å². The monoisotopic (exact) mass is 495 g/mol. The SMILES string of the molecule is CCOC(=O)C1=C(C[n+]2cccc(C(N)=O)c2)N=C(C)C(C(=O)OCC)C1c1cccc([N+](=O)[O-])c1. The topological polar surface area (TPSA) is 155 Å². The van der Waals surface area contributed by atoms with Crippen molar-refractivity contribution in [1.29, 1.82) is 0 Å². The fourth-order valence-corrected chi connectivity index (χ4v) is 4.17. The Morgan fingerprint density at radius 1 is 1.14 bits per heavy atom. The lowest BCUT2D eigenvalue weighted by atomic mass is 9.75. The van der Waals surface area contributed by atoms with E-state index in [4.69, 9.17) is 15.2 Å². The maximum Gasteiger partial charge on any atom is 0.336 e. The van der Waals surface area contributed by atoms with Gasteiger partial charge in [0.15, 0.2) is 18.9 Å². The van der Waals surface area contributed by atoms with Crippen LogP contribution in [0.15, 0.2) is 65.1 Å². The molecule has 3 rings (SSSR count). The molecule has 188 valence electrons. The van der Waals surface area contributed by atoms with Gasteiger partial charge in [-0.05, 0) is 32.4 Å². The number of non-ortho nitro benzene ring substituents is 1. The number of hydrogen-bond donors (Lipinski definition) is 1. The van der Waals surface area contributed by atoms with Crippen molar-refractivity contribution in [1.82, 2.24) is 0 Å². The Hall–Kier alpha value is -4.41. The zero-order chi connectivity index (χ0) is 26.4. The maximum absolute atomic E-state index is 13.3. The Kier molecular flexibility index (Phi) is 8.26. The number of carbonyl (C=O) groups is 3. The van der Waals surface area contributed by atoms with Gasteiger partial charge in [0.2, 0.25) is 0 Å². The summed E-state index contributed by atoms with van der Waals surface area (Å²) in [6.07, 6.45) is 3.19. The molecule has 0 fully saturated rings. The van der Waals surface area contributed by atoms with Crippen molar-refractivity contribution < 1.29 is 33.3 Å². The van der Waals surface area contributed by atoms with Gasteiger partial charge >= 0.3 is 11.9 Å². The number of aromatic nitrogens is 1. The molecule has 0 bridgehead atoms. The molecule has 0 saturated carbocycles. The number of benzene rings is 1. The van der Waals surface area contributed by atoms with Crippen LogP contribution in [0.2, 0.25) is 0 Å². The van der Waals surface area contributed by atoms with E-state index in [0.717, 1.165) is 0 Å². The number of rotatable bonds is 9. The lowest BCUT2D eigenvalue weighted by Crippen LogP contribution is -2.41. The second-order valence-electron chi connectivity index (χ2n) is 8.02. The van der Waals surface area contributed by atoms with Gasteiger partial charge in [-0.1, -0.05) is 12.1 Å². The van der Waals surface area contributed by atoms with Crippen LogP contribution in [-0.2, 0) is 25.6 Å². The first kappa shape index (κ1) is 26.2. The standard InChI is InChI=1S/C25H26N4O7/c1-4-35-24(31)20-15(3)27-19(14-28-11-7-9-17(13-28)23(26)30)22(25(32)36-5-2)21(20)16-8-6-10-18(12-16)29(33)34/h6-13,20-21H,4-5,14H2,1-3H3,(H-,26,30)/p+1. The predicted molar refractivity (Wildman–Crippen MR) is 128 cm³/mol. The largest absolute Gasteiger partial charge is 0.465 e. The highest BCUT2D eigenvalue weighted by atomic mass is 16.6. The number of hydrogen-bond acceptors (Lipinski definition) is 8. The number of amides is 1. The smallest absolute Gasteiger partial charge is 0.336 e. The Bertz CT molecular complexity index is 1270. The molecule has 2 heterocycles. The van der Waals surface area contributed by atoms with Crippen LogP contribution in [-0.4, -0.2) is 41.7 Å². The number of pyridine rings is 1. The first-order chi connectivity index (χ1) is 17.2. The number of ether oxygens (including phenoxy) is 2. The fourth-order valence-electron chi connectivity index (χ4n) is 4.17. The second kappa shape index (κ2) is 11.3. The highest BCUT2D eigenvalue weighted by Gasteiger charge is 2.44. The van der Waals surface area contributed by atoms with Crippen molar-refractivity contribution >= 4 is 29.2 Å². The predicted octanol–water partition coefficient (Wildman–Crippen LogP) is 2.24. The molecule has 0 spiro atoms. The fraction of sp³-hybridized carbons (Fsp3) is 0.320. The van der Waals surface area contributed by atoms with Crippen molar-refractivity contribution in [3.8, 4) is 0 Å².